The van der Waals surface area contributed by atoms with Crippen LogP contribution in [0.2, 0.25) is 0 Å². The molecule has 0 aromatic carbocycles. The second-order valence-corrected chi connectivity index (χ2v) is 5.36. The Morgan fingerprint density at radius 1 is 1.28 bits per heavy atom. The molecule has 3 N–H and O–H groups in total. The lowest BCUT2D eigenvalue weighted by molar-refractivity contribution is -0.139. The third kappa shape index (κ3) is 3.70. The zero-order valence-corrected chi connectivity index (χ0v) is 11.5. The van der Waals surface area contributed by atoms with Crippen molar-refractivity contribution in [1.29, 1.82) is 0 Å². The van der Waals surface area contributed by atoms with E-state index in [0.717, 1.165) is 25.7 Å². The Kier molecular flexibility index (Phi) is 5.59. The minimum atomic E-state index is -0.373. The second-order valence-electron chi connectivity index (χ2n) is 5.36. The maximum absolute atomic E-state index is 12.2. The molecule has 18 heavy (non-hydrogen) atoms. The summed E-state index contributed by atoms with van der Waals surface area (Å²) in [5, 5.41) is 2.89. The smallest absolute Gasteiger partial charge is 0.230 e. The van der Waals surface area contributed by atoms with E-state index in [4.69, 9.17) is 5.73 Å². The number of hydrogen-bond acceptors (Lipinski definition) is 3. The largest absolute Gasteiger partial charge is 0.355 e. The van der Waals surface area contributed by atoms with E-state index in [2.05, 4.69) is 5.32 Å². The summed E-state index contributed by atoms with van der Waals surface area (Å²) in [5.74, 6) is 0.136. The molecule has 0 heterocycles. The van der Waals surface area contributed by atoms with Crippen molar-refractivity contribution in [3.8, 4) is 0 Å². The predicted molar refractivity (Wildman–Crippen MR) is 70.9 cm³/mol. The highest BCUT2D eigenvalue weighted by atomic mass is 16.2. The van der Waals surface area contributed by atoms with E-state index < -0.39 is 0 Å². The Balaban J connectivity index is 2.53. The molecule has 0 aromatic heterocycles. The fraction of sp³-hybridized carbons (Fsp3) is 0.846. The van der Waals surface area contributed by atoms with Crippen LogP contribution in [0.1, 0.15) is 38.5 Å². The molecule has 0 aromatic rings. The number of rotatable bonds is 6. The molecule has 1 fully saturated rings. The number of nitrogens with one attached hydrogen (secondary N) is 1. The molecule has 0 aliphatic heterocycles. The van der Waals surface area contributed by atoms with Crippen molar-refractivity contribution in [2.24, 2.45) is 11.1 Å². The van der Waals surface area contributed by atoms with Crippen LogP contribution in [-0.2, 0) is 9.59 Å². The van der Waals surface area contributed by atoms with E-state index >= 15 is 0 Å². The van der Waals surface area contributed by atoms with Gasteiger partial charge in [-0.2, -0.15) is 0 Å². The van der Waals surface area contributed by atoms with Crippen LogP contribution >= 0.6 is 0 Å². The van der Waals surface area contributed by atoms with E-state index in [-0.39, 0.29) is 17.2 Å². The second kappa shape index (κ2) is 6.73. The lowest BCUT2D eigenvalue weighted by Gasteiger charge is -2.30. The minimum Gasteiger partial charge on any atom is -0.355 e. The van der Waals surface area contributed by atoms with Gasteiger partial charge in [0.25, 0.3) is 0 Å². The molecule has 0 bridgehead atoms. The monoisotopic (exact) mass is 255 g/mol. The summed E-state index contributed by atoms with van der Waals surface area (Å²) in [6, 6.07) is 0. The van der Waals surface area contributed by atoms with Crippen molar-refractivity contribution in [2.75, 3.05) is 27.2 Å². The highest BCUT2D eigenvalue weighted by molar-refractivity contribution is 5.84. The molecule has 1 aliphatic rings. The molecule has 5 nitrogen and oxygen atoms in total. The summed E-state index contributed by atoms with van der Waals surface area (Å²) in [6.07, 6.45) is 5.03. The molecule has 0 spiro atoms. The molecule has 0 unspecified atom stereocenters. The number of hydrogen-bond donors (Lipinski definition) is 2. The van der Waals surface area contributed by atoms with Gasteiger partial charge in [0.15, 0.2) is 0 Å². The number of nitrogens with two attached hydrogens (primary N) is 1. The molecule has 0 atom stereocenters. The third-order valence-corrected chi connectivity index (χ3v) is 3.65. The van der Waals surface area contributed by atoms with Crippen LogP contribution in [0.15, 0.2) is 0 Å². The number of carbonyl (C=O) groups is 2. The van der Waals surface area contributed by atoms with Crippen LogP contribution < -0.4 is 11.1 Å². The molecule has 5 heteroatoms. The van der Waals surface area contributed by atoms with Crippen LogP contribution in [0.5, 0.6) is 0 Å². The Labute approximate surface area is 109 Å². The van der Waals surface area contributed by atoms with Gasteiger partial charge in [-0.05, 0) is 25.8 Å². The van der Waals surface area contributed by atoms with E-state index in [1.807, 2.05) is 0 Å². The highest BCUT2D eigenvalue weighted by Crippen LogP contribution is 2.38. The van der Waals surface area contributed by atoms with Gasteiger partial charge in [-0.1, -0.05) is 12.8 Å². The van der Waals surface area contributed by atoms with E-state index in [0.29, 0.717) is 25.9 Å². The molecule has 2 amide bonds. The molecule has 0 radical (unpaired) electrons. The van der Waals surface area contributed by atoms with Crippen LogP contribution in [0, 0.1) is 5.41 Å². The van der Waals surface area contributed by atoms with Crippen molar-refractivity contribution in [2.45, 2.75) is 38.5 Å². The van der Waals surface area contributed by atoms with Gasteiger partial charge in [-0.15, -0.1) is 0 Å². The molecule has 0 saturated heterocycles. The average molecular weight is 255 g/mol. The van der Waals surface area contributed by atoms with Gasteiger partial charge >= 0.3 is 0 Å². The third-order valence-electron chi connectivity index (χ3n) is 3.65. The van der Waals surface area contributed by atoms with Crippen LogP contribution in [-0.4, -0.2) is 43.9 Å². The summed E-state index contributed by atoms with van der Waals surface area (Å²) in [4.78, 5) is 25.5. The van der Waals surface area contributed by atoms with Gasteiger partial charge in [0.2, 0.25) is 11.8 Å². The van der Waals surface area contributed by atoms with Gasteiger partial charge in [0.05, 0.1) is 5.41 Å². The first kappa shape index (κ1) is 15.0. The molecule has 104 valence electrons. The van der Waals surface area contributed by atoms with Gasteiger partial charge in [-0.3, -0.25) is 9.59 Å². The highest BCUT2D eigenvalue weighted by Gasteiger charge is 2.42. The minimum absolute atomic E-state index is 0.00159. The van der Waals surface area contributed by atoms with Gasteiger partial charge in [-0.25, -0.2) is 0 Å². The van der Waals surface area contributed by atoms with E-state index in [1.165, 1.54) is 0 Å². The maximum atomic E-state index is 12.2. The molecular formula is C13H25N3O2. The van der Waals surface area contributed by atoms with Crippen LogP contribution in [0.3, 0.4) is 0 Å². The fourth-order valence-corrected chi connectivity index (χ4v) is 2.61. The topological polar surface area (TPSA) is 75.4 Å². The van der Waals surface area contributed by atoms with Crippen molar-refractivity contribution < 1.29 is 9.59 Å². The summed E-state index contributed by atoms with van der Waals surface area (Å²) in [6.45, 7) is 0.989. The zero-order valence-electron chi connectivity index (χ0n) is 11.5. The van der Waals surface area contributed by atoms with E-state index in [9.17, 15) is 9.59 Å². The number of carbonyl (C=O) groups excluding carboxylic acids is 2. The van der Waals surface area contributed by atoms with Crippen molar-refractivity contribution in [3.63, 3.8) is 0 Å². The molecule has 1 saturated carbocycles. The summed E-state index contributed by atoms with van der Waals surface area (Å²) >= 11 is 0. The Hall–Kier alpha value is -1.10. The lowest BCUT2D eigenvalue weighted by atomic mass is 9.84. The Morgan fingerprint density at radius 3 is 2.39 bits per heavy atom. The Morgan fingerprint density at radius 2 is 1.89 bits per heavy atom. The SMILES string of the molecule is CN(C)C(=O)C1(CNC(=O)CCCN)CCCC1. The van der Waals surface area contributed by atoms with Crippen molar-refractivity contribution in [3.05, 3.63) is 0 Å². The van der Waals surface area contributed by atoms with Crippen LogP contribution in [0.25, 0.3) is 0 Å². The average Bonchev–Trinajstić information content (AvgIpc) is 2.82. The van der Waals surface area contributed by atoms with Gasteiger partial charge in [0, 0.05) is 27.1 Å². The summed E-state index contributed by atoms with van der Waals surface area (Å²) in [5.41, 5.74) is 5.00. The standard InChI is InChI=1S/C13H25N3O2/c1-16(2)12(18)13(7-3-4-8-13)10-15-11(17)6-5-9-14/h3-10,14H2,1-2H3,(H,15,17). The predicted octanol–water partition coefficient (Wildman–Crippen LogP) is 0.490. The van der Waals surface area contributed by atoms with Gasteiger partial charge in [0.1, 0.15) is 0 Å². The quantitative estimate of drug-likeness (QED) is 0.725. The summed E-state index contributed by atoms with van der Waals surface area (Å²) < 4.78 is 0. The normalized spacial score (nSPS) is 17.5. The summed E-state index contributed by atoms with van der Waals surface area (Å²) in [7, 11) is 3.55. The van der Waals surface area contributed by atoms with Crippen LogP contribution in [0.4, 0.5) is 0 Å². The first-order chi connectivity index (χ1) is 8.52. The maximum Gasteiger partial charge on any atom is 0.230 e. The van der Waals surface area contributed by atoms with Gasteiger partial charge < -0.3 is 16.0 Å². The van der Waals surface area contributed by atoms with Crippen molar-refractivity contribution >= 4 is 11.8 Å². The Bertz CT molecular complexity index is 297. The van der Waals surface area contributed by atoms with Crippen molar-refractivity contribution in [1.82, 2.24) is 10.2 Å². The molecule has 1 aliphatic carbocycles. The first-order valence-corrected chi connectivity index (χ1v) is 6.70. The molecular weight excluding hydrogens is 230 g/mol. The number of nitrogens with zero attached hydrogens (tertiary/aromatic N) is 1. The first-order valence-electron chi connectivity index (χ1n) is 6.70. The lowest BCUT2D eigenvalue weighted by Crippen LogP contribution is -2.46. The molecule has 1 rings (SSSR count). The fourth-order valence-electron chi connectivity index (χ4n) is 2.61. The zero-order chi connectivity index (χ0) is 13.6. The number of amides is 2. The van der Waals surface area contributed by atoms with E-state index in [1.54, 1.807) is 19.0 Å².